The highest BCUT2D eigenvalue weighted by Crippen LogP contribution is 2.28. The molecule has 2 aromatic rings. The lowest BCUT2D eigenvalue weighted by Gasteiger charge is -2.15. The van der Waals surface area contributed by atoms with E-state index in [2.05, 4.69) is 57.3 Å². The molecule has 1 N–H and O–H groups in total. The molecule has 18 heavy (non-hydrogen) atoms. The molecule has 0 radical (unpaired) electrons. The zero-order valence-corrected chi connectivity index (χ0v) is 11.8. The molecule has 0 aliphatic heterocycles. The molecule has 2 rings (SSSR count). The fourth-order valence-corrected chi connectivity index (χ4v) is 2.50. The Labute approximate surface area is 109 Å². The molecule has 0 saturated carbocycles. The maximum atomic E-state index is 5.94. The van der Waals surface area contributed by atoms with Gasteiger partial charge in [0.25, 0.3) is 0 Å². The van der Waals surface area contributed by atoms with Crippen molar-refractivity contribution < 1.29 is 4.42 Å². The van der Waals surface area contributed by atoms with E-state index in [0.29, 0.717) is 12.0 Å². The average Bonchev–Trinajstić information content (AvgIpc) is 2.72. The Morgan fingerprint density at radius 1 is 1.22 bits per heavy atom. The van der Waals surface area contributed by atoms with Crippen molar-refractivity contribution in [3.8, 4) is 0 Å². The minimum atomic E-state index is 0.451. The van der Waals surface area contributed by atoms with E-state index in [4.69, 9.17) is 4.42 Å². The van der Waals surface area contributed by atoms with E-state index in [9.17, 15) is 0 Å². The van der Waals surface area contributed by atoms with Gasteiger partial charge in [0, 0.05) is 17.3 Å². The fourth-order valence-electron chi connectivity index (χ4n) is 2.50. The quantitative estimate of drug-likeness (QED) is 0.852. The Hall–Kier alpha value is -1.28. The Bertz CT molecular complexity index is 515. The van der Waals surface area contributed by atoms with Gasteiger partial charge in [-0.15, -0.1) is 0 Å². The van der Waals surface area contributed by atoms with E-state index >= 15 is 0 Å². The second kappa shape index (κ2) is 5.57. The van der Waals surface area contributed by atoms with E-state index in [1.165, 1.54) is 10.9 Å². The van der Waals surface area contributed by atoms with Crippen molar-refractivity contribution in [2.24, 2.45) is 0 Å². The average molecular weight is 245 g/mol. The minimum absolute atomic E-state index is 0.451. The molecule has 0 amide bonds. The van der Waals surface area contributed by atoms with Crippen LogP contribution >= 0.6 is 0 Å². The number of benzene rings is 1. The molecule has 0 fully saturated rings. The summed E-state index contributed by atoms with van der Waals surface area (Å²) < 4.78 is 5.94. The summed E-state index contributed by atoms with van der Waals surface area (Å²) in [6.07, 6.45) is 1.10. The van der Waals surface area contributed by atoms with Crippen molar-refractivity contribution in [2.75, 3.05) is 6.54 Å². The van der Waals surface area contributed by atoms with Crippen molar-refractivity contribution >= 4 is 11.0 Å². The Morgan fingerprint density at radius 3 is 2.72 bits per heavy atom. The molecule has 1 aromatic heterocycles. The summed E-state index contributed by atoms with van der Waals surface area (Å²) in [6, 6.07) is 9.06. The number of furan rings is 1. The van der Waals surface area contributed by atoms with Crippen molar-refractivity contribution in [1.82, 2.24) is 5.32 Å². The first-order chi connectivity index (χ1) is 8.60. The lowest BCUT2D eigenvalue weighted by molar-refractivity contribution is 0.434. The first-order valence-electron chi connectivity index (χ1n) is 6.83. The summed E-state index contributed by atoms with van der Waals surface area (Å²) in [6.45, 7) is 9.74. The smallest absolute Gasteiger partial charge is 0.134 e. The first kappa shape index (κ1) is 13.2. The van der Waals surface area contributed by atoms with Gasteiger partial charge in [-0.1, -0.05) is 25.5 Å². The fraction of sp³-hybridized carbons (Fsp3) is 0.500. The maximum Gasteiger partial charge on any atom is 0.134 e. The molecule has 0 aliphatic carbocycles. The van der Waals surface area contributed by atoms with Crippen LogP contribution in [0, 0.1) is 6.92 Å². The van der Waals surface area contributed by atoms with Gasteiger partial charge in [0.2, 0.25) is 0 Å². The van der Waals surface area contributed by atoms with E-state index < -0.39 is 0 Å². The summed E-state index contributed by atoms with van der Waals surface area (Å²) in [5, 5.41) is 4.66. The molecule has 0 spiro atoms. The molecule has 1 aromatic carbocycles. The van der Waals surface area contributed by atoms with E-state index in [1.54, 1.807) is 0 Å². The second-order valence-corrected chi connectivity index (χ2v) is 5.29. The summed E-state index contributed by atoms with van der Waals surface area (Å²) in [5.41, 5.74) is 2.28. The van der Waals surface area contributed by atoms with Gasteiger partial charge in [0.15, 0.2) is 0 Å². The monoisotopic (exact) mass is 245 g/mol. The van der Waals surface area contributed by atoms with Crippen molar-refractivity contribution in [1.29, 1.82) is 0 Å². The molecule has 2 atom stereocenters. The third kappa shape index (κ3) is 2.94. The Balaban J connectivity index is 2.15. The van der Waals surface area contributed by atoms with Crippen LogP contribution in [0.3, 0.4) is 0 Å². The first-order valence-corrected chi connectivity index (χ1v) is 6.83. The van der Waals surface area contributed by atoms with Crippen LogP contribution in [0.15, 0.2) is 28.7 Å². The SMILES string of the molecule is CCNC(C)CC(C)c1cc2cc(C)ccc2o1. The highest BCUT2D eigenvalue weighted by atomic mass is 16.3. The van der Waals surface area contributed by atoms with Crippen molar-refractivity contribution in [3.63, 3.8) is 0 Å². The van der Waals surface area contributed by atoms with Crippen LogP contribution in [0.4, 0.5) is 0 Å². The molecule has 1 heterocycles. The lowest BCUT2D eigenvalue weighted by atomic mass is 10.00. The molecular formula is C16H23NO. The number of nitrogens with one attached hydrogen (secondary N) is 1. The largest absolute Gasteiger partial charge is 0.461 e. The minimum Gasteiger partial charge on any atom is -0.461 e. The van der Waals surface area contributed by atoms with Gasteiger partial charge in [-0.3, -0.25) is 0 Å². The van der Waals surface area contributed by atoms with Gasteiger partial charge < -0.3 is 9.73 Å². The van der Waals surface area contributed by atoms with Gasteiger partial charge >= 0.3 is 0 Å². The number of hydrogen-bond donors (Lipinski definition) is 1. The van der Waals surface area contributed by atoms with E-state index in [0.717, 1.165) is 24.3 Å². The van der Waals surface area contributed by atoms with Crippen LogP contribution in [0.1, 0.15) is 44.4 Å². The predicted molar refractivity (Wildman–Crippen MR) is 77.1 cm³/mol. The number of rotatable bonds is 5. The Morgan fingerprint density at radius 2 is 2.00 bits per heavy atom. The summed E-state index contributed by atoms with van der Waals surface area (Å²) in [5.74, 6) is 1.55. The third-order valence-electron chi connectivity index (χ3n) is 3.44. The standard InChI is InChI=1S/C16H23NO/c1-5-17-13(4)9-12(3)16-10-14-8-11(2)6-7-15(14)18-16/h6-8,10,12-13,17H,5,9H2,1-4H3. The summed E-state index contributed by atoms with van der Waals surface area (Å²) in [4.78, 5) is 0. The van der Waals surface area contributed by atoms with E-state index in [1.807, 2.05) is 0 Å². The molecule has 98 valence electrons. The number of aryl methyl sites for hydroxylation is 1. The van der Waals surface area contributed by atoms with Crippen LogP contribution in [-0.4, -0.2) is 12.6 Å². The van der Waals surface area contributed by atoms with Gasteiger partial charge in [0.1, 0.15) is 11.3 Å². The molecule has 0 aliphatic rings. The normalized spacial score (nSPS) is 14.9. The topological polar surface area (TPSA) is 25.2 Å². The molecule has 2 nitrogen and oxygen atoms in total. The van der Waals surface area contributed by atoms with Crippen LogP contribution < -0.4 is 5.32 Å². The predicted octanol–water partition coefficient (Wildman–Crippen LogP) is 4.23. The Kier molecular flexibility index (Phi) is 4.07. The summed E-state index contributed by atoms with van der Waals surface area (Å²) >= 11 is 0. The van der Waals surface area contributed by atoms with Crippen molar-refractivity contribution in [2.45, 2.75) is 46.1 Å². The summed E-state index contributed by atoms with van der Waals surface area (Å²) in [7, 11) is 0. The highest BCUT2D eigenvalue weighted by Gasteiger charge is 2.14. The zero-order valence-electron chi connectivity index (χ0n) is 11.8. The number of hydrogen-bond acceptors (Lipinski definition) is 2. The van der Waals surface area contributed by atoms with Crippen LogP contribution in [0.2, 0.25) is 0 Å². The van der Waals surface area contributed by atoms with Crippen LogP contribution in [0.5, 0.6) is 0 Å². The van der Waals surface area contributed by atoms with Gasteiger partial charge in [-0.25, -0.2) is 0 Å². The van der Waals surface area contributed by atoms with Crippen LogP contribution in [0.25, 0.3) is 11.0 Å². The van der Waals surface area contributed by atoms with Crippen LogP contribution in [-0.2, 0) is 0 Å². The molecule has 2 unspecified atom stereocenters. The molecule has 0 bridgehead atoms. The number of fused-ring (bicyclic) bond motifs is 1. The zero-order chi connectivity index (χ0) is 13.1. The van der Waals surface area contributed by atoms with Gasteiger partial charge in [-0.2, -0.15) is 0 Å². The molecule has 2 heteroatoms. The lowest BCUT2D eigenvalue weighted by Crippen LogP contribution is -2.26. The maximum absolute atomic E-state index is 5.94. The molecule has 0 saturated heterocycles. The molecular weight excluding hydrogens is 222 g/mol. The highest BCUT2D eigenvalue weighted by molar-refractivity contribution is 5.78. The van der Waals surface area contributed by atoms with E-state index in [-0.39, 0.29) is 0 Å². The second-order valence-electron chi connectivity index (χ2n) is 5.29. The van der Waals surface area contributed by atoms with Gasteiger partial charge in [0.05, 0.1) is 0 Å². The third-order valence-corrected chi connectivity index (χ3v) is 3.44. The van der Waals surface area contributed by atoms with Crippen molar-refractivity contribution in [3.05, 3.63) is 35.6 Å². The van der Waals surface area contributed by atoms with Gasteiger partial charge in [-0.05, 0) is 45.0 Å².